The van der Waals surface area contributed by atoms with Gasteiger partial charge in [0, 0.05) is 13.8 Å². The standard InChI is InChI=1S/C12H14N2O/c1-10-11(2)14(15)9-13(10)8-12-6-4-3-5-7-12/h3-7,9H,8H2,1-2H3. The van der Waals surface area contributed by atoms with Crippen molar-refractivity contribution in [1.82, 2.24) is 4.57 Å². The molecule has 0 radical (unpaired) electrons. The van der Waals surface area contributed by atoms with E-state index in [2.05, 4.69) is 12.1 Å². The van der Waals surface area contributed by atoms with Crippen LogP contribution in [0.2, 0.25) is 0 Å². The Bertz CT molecular complexity index is 460. The van der Waals surface area contributed by atoms with E-state index in [1.54, 1.807) is 6.33 Å². The van der Waals surface area contributed by atoms with Gasteiger partial charge >= 0.3 is 0 Å². The first kappa shape index (κ1) is 9.77. The summed E-state index contributed by atoms with van der Waals surface area (Å²) in [4.78, 5) is 0. The largest absolute Gasteiger partial charge is 0.711 e. The highest BCUT2D eigenvalue weighted by molar-refractivity contribution is 5.16. The lowest BCUT2D eigenvalue weighted by Gasteiger charge is -1.98. The summed E-state index contributed by atoms with van der Waals surface area (Å²) in [6.07, 6.45) is 1.59. The molecule has 0 saturated carbocycles. The molecule has 1 aromatic carbocycles. The number of imidazole rings is 1. The van der Waals surface area contributed by atoms with Crippen LogP contribution in [-0.2, 0) is 6.54 Å². The summed E-state index contributed by atoms with van der Waals surface area (Å²) in [5.41, 5.74) is 3.00. The summed E-state index contributed by atoms with van der Waals surface area (Å²) in [6.45, 7) is 4.55. The van der Waals surface area contributed by atoms with Gasteiger partial charge in [0.2, 0.25) is 6.33 Å². The van der Waals surface area contributed by atoms with Gasteiger partial charge in [-0.25, -0.2) is 9.30 Å². The minimum absolute atomic E-state index is 0.753. The van der Waals surface area contributed by atoms with Gasteiger partial charge in [-0.1, -0.05) is 30.3 Å². The molecule has 0 bridgehead atoms. The molecule has 0 aliphatic carbocycles. The monoisotopic (exact) mass is 202 g/mol. The third-order valence-electron chi connectivity index (χ3n) is 2.73. The Balaban J connectivity index is 2.29. The number of aromatic nitrogens is 2. The second-order valence-electron chi connectivity index (χ2n) is 3.73. The van der Waals surface area contributed by atoms with Crippen LogP contribution in [0.5, 0.6) is 0 Å². The first-order valence-corrected chi connectivity index (χ1v) is 4.98. The van der Waals surface area contributed by atoms with Crippen LogP contribution in [0.4, 0.5) is 0 Å². The average Bonchev–Trinajstić information content (AvgIpc) is 2.48. The van der Waals surface area contributed by atoms with Crippen molar-refractivity contribution in [2.24, 2.45) is 0 Å². The zero-order valence-electron chi connectivity index (χ0n) is 8.97. The van der Waals surface area contributed by atoms with Gasteiger partial charge in [-0.3, -0.25) is 0 Å². The fraction of sp³-hybridized carbons (Fsp3) is 0.250. The second kappa shape index (κ2) is 3.77. The molecular formula is C12H14N2O. The van der Waals surface area contributed by atoms with E-state index in [1.807, 2.05) is 36.6 Å². The van der Waals surface area contributed by atoms with E-state index < -0.39 is 0 Å². The summed E-state index contributed by atoms with van der Waals surface area (Å²) in [7, 11) is 0. The van der Waals surface area contributed by atoms with Crippen LogP contribution < -0.4 is 4.73 Å². The normalized spacial score (nSPS) is 10.5. The molecule has 0 fully saturated rings. The van der Waals surface area contributed by atoms with Gasteiger partial charge in [0.25, 0.3) is 0 Å². The zero-order chi connectivity index (χ0) is 10.8. The number of hydrogen-bond donors (Lipinski definition) is 0. The van der Waals surface area contributed by atoms with Crippen molar-refractivity contribution in [2.45, 2.75) is 20.4 Å². The van der Waals surface area contributed by atoms with E-state index in [0.717, 1.165) is 22.7 Å². The predicted molar refractivity (Wildman–Crippen MR) is 58.4 cm³/mol. The quantitative estimate of drug-likeness (QED) is 0.539. The van der Waals surface area contributed by atoms with Gasteiger partial charge in [-0.2, -0.15) is 0 Å². The number of nitrogens with zero attached hydrogens (tertiary/aromatic N) is 2. The van der Waals surface area contributed by atoms with E-state index in [-0.39, 0.29) is 0 Å². The Morgan fingerprint density at radius 2 is 1.87 bits per heavy atom. The maximum absolute atomic E-state index is 11.3. The Morgan fingerprint density at radius 3 is 2.40 bits per heavy atom. The first-order valence-electron chi connectivity index (χ1n) is 4.98. The van der Waals surface area contributed by atoms with Crippen LogP contribution in [0.1, 0.15) is 17.0 Å². The molecule has 0 aliphatic heterocycles. The lowest BCUT2D eigenvalue weighted by Crippen LogP contribution is -2.26. The van der Waals surface area contributed by atoms with Crippen molar-refractivity contribution in [3.63, 3.8) is 0 Å². The fourth-order valence-electron chi connectivity index (χ4n) is 1.61. The van der Waals surface area contributed by atoms with Crippen molar-refractivity contribution in [3.8, 4) is 0 Å². The Morgan fingerprint density at radius 1 is 1.20 bits per heavy atom. The molecule has 0 aliphatic rings. The molecule has 3 heteroatoms. The molecule has 15 heavy (non-hydrogen) atoms. The highest BCUT2D eigenvalue weighted by Gasteiger charge is 2.11. The number of rotatable bonds is 2. The summed E-state index contributed by atoms with van der Waals surface area (Å²) in [5.74, 6) is 0. The Kier molecular flexibility index (Phi) is 2.46. The van der Waals surface area contributed by atoms with Crippen LogP contribution >= 0.6 is 0 Å². The molecule has 0 spiro atoms. The molecule has 1 aromatic heterocycles. The Hall–Kier alpha value is -1.77. The molecular weight excluding hydrogens is 188 g/mol. The summed E-state index contributed by atoms with van der Waals surface area (Å²) < 4.78 is 2.88. The summed E-state index contributed by atoms with van der Waals surface area (Å²) >= 11 is 0. The molecule has 3 nitrogen and oxygen atoms in total. The van der Waals surface area contributed by atoms with E-state index in [0.29, 0.717) is 0 Å². The highest BCUT2D eigenvalue weighted by Crippen LogP contribution is 2.07. The average molecular weight is 202 g/mol. The second-order valence-corrected chi connectivity index (χ2v) is 3.73. The molecule has 78 valence electrons. The van der Waals surface area contributed by atoms with Gasteiger partial charge in [-0.15, -0.1) is 0 Å². The van der Waals surface area contributed by atoms with Crippen LogP contribution in [-0.4, -0.2) is 4.57 Å². The number of hydrogen-bond acceptors (Lipinski definition) is 1. The van der Waals surface area contributed by atoms with E-state index in [9.17, 15) is 5.21 Å². The summed E-state index contributed by atoms with van der Waals surface area (Å²) in [5, 5.41) is 11.3. The van der Waals surface area contributed by atoms with Gasteiger partial charge < -0.3 is 5.21 Å². The molecule has 0 unspecified atom stereocenters. The molecule has 1 heterocycles. The minimum Gasteiger partial charge on any atom is -0.711 e. The lowest BCUT2D eigenvalue weighted by molar-refractivity contribution is -0.611. The first-order chi connectivity index (χ1) is 7.18. The number of benzene rings is 1. The predicted octanol–water partition coefficient (Wildman–Crippen LogP) is 1.79. The van der Waals surface area contributed by atoms with Crippen molar-refractivity contribution in [1.29, 1.82) is 0 Å². The fourth-order valence-corrected chi connectivity index (χ4v) is 1.61. The van der Waals surface area contributed by atoms with Crippen LogP contribution in [0.25, 0.3) is 0 Å². The van der Waals surface area contributed by atoms with E-state index >= 15 is 0 Å². The van der Waals surface area contributed by atoms with E-state index in [4.69, 9.17) is 0 Å². The SMILES string of the molecule is Cc1c(C)[n+]([O-])cn1Cc1ccccc1. The maximum atomic E-state index is 11.3. The van der Waals surface area contributed by atoms with Gasteiger partial charge in [-0.05, 0) is 5.56 Å². The molecule has 0 atom stereocenters. The molecule has 2 aromatic rings. The topological polar surface area (TPSA) is 31.9 Å². The van der Waals surface area contributed by atoms with Crippen molar-refractivity contribution in [3.05, 3.63) is 58.8 Å². The van der Waals surface area contributed by atoms with Gasteiger partial charge in [0.05, 0.1) is 0 Å². The van der Waals surface area contributed by atoms with Crippen LogP contribution in [0.15, 0.2) is 36.7 Å². The van der Waals surface area contributed by atoms with Gasteiger partial charge in [0.15, 0.2) is 0 Å². The smallest absolute Gasteiger partial charge is 0.247 e. The van der Waals surface area contributed by atoms with Crippen LogP contribution in [0, 0.1) is 19.1 Å². The minimum atomic E-state index is 0.753. The van der Waals surface area contributed by atoms with Crippen molar-refractivity contribution < 1.29 is 4.73 Å². The van der Waals surface area contributed by atoms with Gasteiger partial charge in [0.1, 0.15) is 17.9 Å². The van der Waals surface area contributed by atoms with Crippen LogP contribution in [0.3, 0.4) is 0 Å². The third-order valence-corrected chi connectivity index (χ3v) is 2.73. The van der Waals surface area contributed by atoms with Crippen molar-refractivity contribution in [2.75, 3.05) is 0 Å². The highest BCUT2D eigenvalue weighted by atomic mass is 16.5. The van der Waals surface area contributed by atoms with E-state index in [1.165, 1.54) is 5.56 Å². The summed E-state index contributed by atoms with van der Waals surface area (Å²) in [6, 6.07) is 10.1. The molecule has 0 amide bonds. The molecule has 0 N–H and O–H groups in total. The maximum Gasteiger partial charge on any atom is 0.247 e. The lowest BCUT2D eigenvalue weighted by atomic mass is 10.2. The van der Waals surface area contributed by atoms with Crippen molar-refractivity contribution >= 4 is 0 Å². The molecule has 0 saturated heterocycles. The molecule has 2 rings (SSSR count). The Labute approximate surface area is 89.2 Å². The third kappa shape index (κ3) is 1.86. The zero-order valence-corrected chi connectivity index (χ0v) is 8.97.